The maximum Gasteiger partial charge on any atom is 0.140 e. The molecule has 0 radical (unpaired) electrons. The molecule has 0 bridgehead atoms. The SMILES string of the molecule is CCCNC(C)CCc1ncccc1OC. The highest BCUT2D eigenvalue weighted by Gasteiger charge is 2.06. The maximum atomic E-state index is 5.28. The molecule has 3 nitrogen and oxygen atoms in total. The Labute approximate surface area is 98.2 Å². The van der Waals surface area contributed by atoms with Crippen LogP contribution in [0.3, 0.4) is 0 Å². The van der Waals surface area contributed by atoms with Crippen molar-refractivity contribution in [3.05, 3.63) is 24.0 Å². The predicted molar refractivity (Wildman–Crippen MR) is 66.9 cm³/mol. The fraction of sp³-hybridized carbons (Fsp3) is 0.615. The Morgan fingerprint density at radius 3 is 3.00 bits per heavy atom. The second-order valence-corrected chi connectivity index (χ2v) is 4.05. The van der Waals surface area contributed by atoms with E-state index in [1.54, 1.807) is 7.11 Å². The van der Waals surface area contributed by atoms with Crippen LogP contribution in [-0.2, 0) is 6.42 Å². The Kier molecular flexibility index (Phi) is 5.86. The Hall–Kier alpha value is -1.09. The number of aryl methyl sites for hydroxylation is 1. The fourth-order valence-electron chi connectivity index (χ4n) is 1.64. The molecule has 0 fully saturated rings. The molecule has 1 aromatic heterocycles. The van der Waals surface area contributed by atoms with Gasteiger partial charge in [0.25, 0.3) is 0 Å². The first-order valence-corrected chi connectivity index (χ1v) is 5.99. The second kappa shape index (κ2) is 7.23. The molecule has 1 aromatic rings. The van der Waals surface area contributed by atoms with Crippen molar-refractivity contribution in [2.75, 3.05) is 13.7 Å². The van der Waals surface area contributed by atoms with E-state index in [0.29, 0.717) is 6.04 Å². The number of pyridine rings is 1. The van der Waals surface area contributed by atoms with Gasteiger partial charge in [-0.3, -0.25) is 4.98 Å². The zero-order valence-corrected chi connectivity index (χ0v) is 10.5. The molecule has 3 heteroatoms. The standard InChI is InChI=1S/C13H22N2O/c1-4-9-14-11(2)7-8-12-13(16-3)6-5-10-15-12/h5-6,10-11,14H,4,7-9H2,1-3H3. The molecule has 0 spiro atoms. The zero-order chi connectivity index (χ0) is 11.8. The highest BCUT2D eigenvalue weighted by molar-refractivity contribution is 5.26. The number of ether oxygens (including phenoxy) is 1. The van der Waals surface area contributed by atoms with Crippen LogP contribution in [0.4, 0.5) is 0 Å². The lowest BCUT2D eigenvalue weighted by Gasteiger charge is -2.13. The predicted octanol–water partition coefficient (Wildman–Crippen LogP) is 2.41. The molecule has 16 heavy (non-hydrogen) atoms. The summed E-state index contributed by atoms with van der Waals surface area (Å²) in [5, 5.41) is 3.47. The number of methoxy groups -OCH3 is 1. The highest BCUT2D eigenvalue weighted by Crippen LogP contribution is 2.16. The van der Waals surface area contributed by atoms with Crippen LogP contribution in [0.15, 0.2) is 18.3 Å². The van der Waals surface area contributed by atoms with Crippen molar-refractivity contribution in [1.29, 1.82) is 0 Å². The molecule has 0 aromatic carbocycles. The van der Waals surface area contributed by atoms with E-state index in [0.717, 1.165) is 30.8 Å². The van der Waals surface area contributed by atoms with Gasteiger partial charge >= 0.3 is 0 Å². The normalized spacial score (nSPS) is 12.4. The summed E-state index contributed by atoms with van der Waals surface area (Å²) in [4.78, 5) is 4.35. The minimum Gasteiger partial charge on any atom is -0.495 e. The van der Waals surface area contributed by atoms with Crippen molar-refractivity contribution in [2.45, 2.75) is 39.2 Å². The molecule has 0 saturated heterocycles. The fourth-order valence-corrected chi connectivity index (χ4v) is 1.64. The van der Waals surface area contributed by atoms with Crippen molar-refractivity contribution in [3.63, 3.8) is 0 Å². The van der Waals surface area contributed by atoms with Crippen molar-refractivity contribution in [1.82, 2.24) is 10.3 Å². The summed E-state index contributed by atoms with van der Waals surface area (Å²) in [6.07, 6.45) is 5.05. The van der Waals surface area contributed by atoms with Gasteiger partial charge in [0.2, 0.25) is 0 Å². The first-order chi connectivity index (χ1) is 7.77. The van der Waals surface area contributed by atoms with E-state index < -0.39 is 0 Å². The molecular weight excluding hydrogens is 200 g/mol. The number of hydrogen-bond acceptors (Lipinski definition) is 3. The van der Waals surface area contributed by atoms with Crippen LogP contribution in [-0.4, -0.2) is 24.7 Å². The van der Waals surface area contributed by atoms with Crippen LogP contribution in [0.1, 0.15) is 32.4 Å². The molecule has 1 atom stereocenters. The van der Waals surface area contributed by atoms with Crippen LogP contribution in [0.2, 0.25) is 0 Å². The number of nitrogens with one attached hydrogen (secondary N) is 1. The van der Waals surface area contributed by atoms with E-state index >= 15 is 0 Å². The van der Waals surface area contributed by atoms with E-state index in [1.807, 2.05) is 18.3 Å². The molecule has 0 saturated carbocycles. The van der Waals surface area contributed by atoms with E-state index in [2.05, 4.69) is 24.1 Å². The molecule has 0 aliphatic carbocycles. The summed E-state index contributed by atoms with van der Waals surface area (Å²) >= 11 is 0. The third kappa shape index (κ3) is 4.19. The molecule has 1 N–H and O–H groups in total. The topological polar surface area (TPSA) is 34.2 Å². The Morgan fingerprint density at radius 2 is 2.31 bits per heavy atom. The highest BCUT2D eigenvalue weighted by atomic mass is 16.5. The quantitative estimate of drug-likeness (QED) is 0.769. The average molecular weight is 222 g/mol. The minimum absolute atomic E-state index is 0.534. The number of aromatic nitrogens is 1. The van der Waals surface area contributed by atoms with Gasteiger partial charge in [0, 0.05) is 12.2 Å². The van der Waals surface area contributed by atoms with Gasteiger partial charge in [0.15, 0.2) is 0 Å². The summed E-state index contributed by atoms with van der Waals surface area (Å²) < 4.78 is 5.28. The lowest BCUT2D eigenvalue weighted by Crippen LogP contribution is -2.27. The summed E-state index contributed by atoms with van der Waals surface area (Å²) in [6.45, 7) is 5.48. The molecule has 1 rings (SSSR count). The molecule has 0 amide bonds. The minimum atomic E-state index is 0.534. The first kappa shape index (κ1) is 13.0. The third-order valence-corrected chi connectivity index (χ3v) is 2.63. The average Bonchev–Trinajstić information content (AvgIpc) is 2.34. The van der Waals surface area contributed by atoms with Crippen molar-refractivity contribution >= 4 is 0 Å². The van der Waals surface area contributed by atoms with Gasteiger partial charge in [-0.25, -0.2) is 0 Å². The lowest BCUT2D eigenvalue weighted by atomic mass is 10.1. The Morgan fingerprint density at radius 1 is 1.50 bits per heavy atom. The van der Waals surface area contributed by atoms with Crippen LogP contribution >= 0.6 is 0 Å². The van der Waals surface area contributed by atoms with E-state index in [9.17, 15) is 0 Å². The second-order valence-electron chi connectivity index (χ2n) is 4.05. The van der Waals surface area contributed by atoms with Gasteiger partial charge in [0.1, 0.15) is 5.75 Å². The summed E-state index contributed by atoms with van der Waals surface area (Å²) in [6, 6.07) is 4.40. The third-order valence-electron chi connectivity index (χ3n) is 2.63. The van der Waals surface area contributed by atoms with Gasteiger partial charge in [-0.2, -0.15) is 0 Å². The summed E-state index contributed by atoms with van der Waals surface area (Å²) in [7, 11) is 1.69. The van der Waals surface area contributed by atoms with Gasteiger partial charge in [-0.05, 0) is 44.9 Å². The van der Waals surface area contributed by atoms with E-state index in [4.69, 9.17) is 4.74 Å². The number of nitrogens with zero attached hydrogens (tertiary/aromatic N) is 1. The van der Waals surface area contributed by atoms with Crippen LogP contribution in [0.5, 0.6) is 5.75 Å². The maximum absolute atomic E-state index is 5.28. The Balaban J connectivity index is 2.41. The molecule has 0 aliphatic rings. The largest absolute Gasteiger partial charge is 0.495 e. The van der Waals surface area contributed by atoms with Crippen LogP contribution in [0, 0.1) is 0 Å². The molecular formula is C13H22N2O. The molecule has 0 aliphatic heterocycles. The monoisotopic (exact) mass is 222 g/mol. The number of rotatable bonds is 7. The Bertz CT molecular complexity index is 302. The summed E-state index contributed by atoms with van der Waals surface area (Å²) in [5.41, 5.74) is 1.05. The lowest BCUT2D eigenvalue weighted by molar-refractivity contribution is 0.404. The van der Waals surface area contributed by atoms with Gasteiger partial charge < -0.3 is 10.1 Å². The molecule has 1 heterocycles. The van der Waals surface area contributed by atoms with Crippen molar-refractivity contribution in [3.8, 4) is 5.75 Å². The summed E-state index contributed by atoms with van der Waals surface area (Å²) in [5.74, 6) is 0.894. The number of hydrogen-bond donors (Lipinski definition) is 1. The van der Waals surface area contributed by atoms with Crippen molar-refractivity contribution in [2.24, 2.45) is 0 Å². The zero-order valence-electron chi connectivity index (χ0n) is 10.5. The first-order valence-electron chi connectivity index (χ1n) is 5.99. The smallest absolute Gasteiger partial charge is 0.140 e. The van der Waals surface area contributed by atoms with Crippen LogP contribution in [0.25, 0.3) is 0 Å². The molecule has 90 valence electrons. The van der Waals surface area contributed by atoms with Crippen LogP contribution < -0.4 is 10.1 Å². The van der Waals surface area contributed by atoms with E-state index in [1.165, 1.54) is 6.42 Å². The van der Waals surface area contributed by atoms with Gasteiger partial charge in [0.05, 0.1) is 12.8 Å². The van der Waals surface area contributed by atoms with E-state index in [-0.39, 0.29) is 0 Å². The molecule has 1 unspecified atom stereocenters. The van der Waals surface area contributed by atoms with Gasteiger partial charge in [-0.15, -0.1) is 0 Å². The van der Waals surface area contributed by atoms with Crippen molar-refractivity contribution < 1.29 is 4.74 Å². The van der Waals surface area contributed by atoms with Gasteiger partial charge in [-0.1, -0.05) is 6.92 Å².